The van der Waals surface area contributed by atoms with Gasteiger partial charge in [0.2, 0.25) is 0 Å². The summed E-state index contributed by atoms with van der Waals surface area (Å²) < 4.78 is 46.4. The summed E-state index contributed by atoms with van der Waals surface area (Å²) in [5, 5.41) is 3.91. The molecule has 1 aliphatic rings. The molecule has 0 bridgehead atoms. The lowest BCUT2D eigenvalue weighted by Crippen LogP contribution is -2.44. The number of benzene rings is 2. The normalized spacial score (nSPS) is 15.4. The molecule has 1 aromatic heterocycles. The number of halogens is 3. The van der Waals surface area contributed by atoms with Gasteiger partial charge < -0.3 is 19.4 Å². The van der Waals surface area contributed by atoms with Crippen molar-refractivity contribution >= 4 is 22.6 Å². The summed E-state index contributed by atoms with van der Waals surface area (Å²) in [5.41, 5.74) is 2.60. The third-order valence-corrected chi connectivity index (χ3v) is 5.16. The summed E-state index contributed by atoms with van der Waals surface area (Å²) >= 11 is 0. The summed E-state index contributed by atoms with van der Waals surface area (Å²) in [6.07, 6.45) is -3.24. The van der Waals surface area contributed by atoms with Crippen LogP contribution in [0.1, 0.15) is 29.0 Å². The lowest BCUT2D eigenvalue weighted by atomic mass is 10.0. The number of rotatable bonds is 4. The van der Waals surface area contributed by atoms with Crippen LogP contribution in [0.2, 0.25) is 0 Å². The number of hydrogen-bond acceptors (Lipinski definition) is 4. The number of nitrogens with one attached hydrogen (secondary N) is 1. The first-order valence-electron chi connectivity index (χ1n) is 9.69. The van der Waals surface area contributed by atoms with Gasteiger partial charge in [0.1, 0.15) is 11.3 Å². The molecule has 5 nitrogen and oxygen atoms in total. The second kappa shape index (κ2) is 7.93. The van der Waals surface area contributed by atoms with E-state index in [1.807, 2.05) is 25.1 Å². The molecule has 8 heteroatoms. The summed E-state index contributed by atoms with van der Waals surface area (Å²) in [4.78, 5) is 14.6. The van der Waals surface area contributed by atoms with Crippen molar-refractivity contribution in [3.05, 3.63) is 59.9 Å². The minimum atomic E-state index is -4.70. The molecular formula is C22H21F3N2O3. The maximum atomic E-state index is 12.5. The number of furan rings is 1. The Hall–Kier alpha value is -3.16. The monoisotopic (exact) mass is 418 g/mol. The maximum Gasteiger partial charge on any atom is 0.573 e. The van der Waals surface area contributed by atoms with Crippen LogP contribution >= 0.6 is 0 Å². The minimum Gasteiger partial charge on any atom is -0.451 e. The van der Waals surface area contributed by atoms with Crippen LogP contribution < -0.4 is 15.0 Å². The second-order valence-electron chi connectivity index (χ2n) is 7.43. The highest BCUT2D eigenvalue weighted by atomic mass is 19.4. The van der Waals surface area contributed by atoms with E-state index < -0.39 is 6.36 Å². The van der Waals surface area contributed by atoms with E-state index in [1.165, 1.54) is 12.1 Å². The summed E-state index contributed by atoms with van der Waals surface area (Å²) in [7, 11) is 0. The Balaban J connectivity index is 1.32. The van der Waals surface area contributed by atoms with E-state index in [0.717, 1.165) is 29.5 Å². The van der Waals surface area contributed by atoms with Crippen molar-refractivity contribution < 1.29 is 27.1 Å². The fraction of sp³-hybridized carbons (Fsp3) is 0.318. The van der Waals surface area contributed by atoms with Crippen LogP contribution in [0, 0.1) is 6.92 Å². The smallest absolute Gasteiger partial charge is 0.451 e. The first kappa shape index (κ1) is 20.1. The molecule has 0 radical (unpaired) electrons. The Morgan fingerprint density at radius 2 is 1.80 bits per heavy atom. The Morgan fingerprint density at radius 3 is 2.47 bits per heavy atom. The summed E-state index contributed by atoms with van der Waals surface area (Å²) in [5.74, 6) is -0.191. The molecule has 1 N–H and O–H groups in total. The predicted octanol–water partition coefficient (Wildman–Crippen LogP) is 5.04. The number of fused-ring (bicyclic) bond motifs is 1. The van der Waals surface area contributed by atoms with Gasteiger partial charge >= 0.3 is 6.36 Å². The van der Waals surface area contributed by atoms with E-state index in [-0.39, 0.29) is 17.7 Å². The molecule has 2 heterocycles. The second-order valence-corrected chi connectivity index (χ2v) is 7.43. The molecule has 3 aromatic rings. The lowest BCUT2D eigenvalue weighted by Gasteiger charge is -2.33. The average Bonchev–Trinajstić information content (AvgIpc) is 3.11. The van der Waals surface area contributed by atoms with Gasteiger partial charge in [-0.2, -0.15) is 0 Å². The molecule has 1 fully saturated rings. The number of nitrogens with zero attached hydrogens (tertiary/aromatic N) is 1. The van der Waals surface area contributed by atoms with Crippen LogP contribution in [0.5, 0.6) is 5.75 Å². The molecule has 1 saturated heterocycles. The number of amides is 1. The van der Waals surface area contributed by atoms with Gasteiger partial charge in [-0.15, -0.1) is 13.2 Å². The van der Waals surface area contributed by atoms with Crippen molar-refractivity contribution in [1.82, 2.24) is 5.32 Å². The van der Waals surface area contributed by atoms with E-state index in [1.54, 1.807) is 18.2 Å². The largest absolute Gasteiger partial charge is 0.573 e. The van der Waals surface area contributed by atoms with Crippen molar-refractivity contribution in [2.75, 3.05) is 18.0 Å². The van der Waals surface area contributed by atoms with Crippen molar-refractivity contribution in [2.24, 2.45) is 0 Å². The summed E-state index contributed by atoms with van der Waals surface area (Å²) in [6, 6.07) is 13.3. The number of anilines is 1. The van der Waals surface area contributed by atoms with Gasteiger partial charge in [0.25, 0.3) is 5.91 Å². The Bertz CT molecular complexity index is 1040. The van der Waals surface area contributed by atoms with Crippen molar-refractivity contribution in [2.45, 2.75) is 32.2 Å². The maximum absolute atomic E-state index is 12.5. The van der Waals surface area contributed by atoms with Gasteiger partial charge in [-0.1, -0.05) is 11.6 Å². The topological polar surface area (TPSA) is 54.7 Å². The lowest BCUT2D eigenvalue weighted by molar-refractivity contribution is -0.274. The van der Waals surface area contributed by atoms with Crippen molar-refractivity contribution in [1.29, 1.82) is 0 Å². The van der Waals surface area contributed by atoms with Gasteiger partial charge in [-0.3, -0.25) is 4.79 Å². The molecule has 0 saturated carbocycles. The Morgan fingerprint density at radius 1 is 1.10 bits per heavy atom. The number of aryl methyl sites for hydroxylation is 1. The fourth-order valence-electron chi connectivity index (χ4n) is 3.67. The number of hydrogen-bond donors (Lipinski definition) is 1. The van der Waals surface area contributed by atoms with Gasteiger partial charge in [-0.05, 0) is 62.2 Å². The zero-order chi connectivity index (χ0) is 21.3. The van der Waals surface area contributed by atoms with Gasteiger partial charge in [0.15, 0.2) is 5.76 Å². The first-order valence-corrected chi connectivity index (χ1v) is 9.69. The van der Waals surface area contributed by atoms with Crippen LogP contribution in [0.4, 0.5) is 18.9 Å². The number of carbonyl (C=O) groups excluding carboxylic acids is 1. The molecule has 1 aliphatic heterocycles. The molecular weight excluding hydrogens is 397 g/mol. The van der Waals surface area contributed by atoms with Crippen molar-refractivity contribution in [3.63, 3.8) is 0 Å². The average molecular weight is 418 g/mol. The van der Waals surface area contributed by atoms with Crippen LogP contribution in [-0.2, 0) is 0 Å². The molecule has 1 amide bonds. The molecule has 0 atom stereocenters. The highest BCUT2D eigenvalue weighted by molar-refractivity contribution is 5.96. The molecule has 158 valence electrons. The SMILES string of the molecule is Cc1ccc2oc(C(=O)NC3CCN(c4ccc(OC(F)(F)F)cc4)CC3)cc2c1. The van der Waals surface area contributed by atoms with E-state index in [0.29, 0.717) is 24.4 Å². The zero-order valence-electron chi connectivity index (χ0n) is 16.3. The number of alkyl halides is 3. The van der Waals surface area contributed by atoms with Gasteiger partial charge in [0, 0.05) is 30.2 Å². The molecule has 4 rings (SSSR count). The van der Waals surface area contributed by atoms with E-state index in [9.17, 15) is 18.0 Å². The number of ether oxygens (including phenoxy) is 1. The third-order valence-electron chi connectivity index (χ3n) is 5.16. The Labute approximate surface area is 171 Å². The van der Waals surface area contributed by atoms with Crippen LogP contribution in [0.25, 0.3) is 11.0 Å². The highest BCUT2D eigenvalue weighted by Crippen LogP contribution is 2.27. The number of carbonyl (C=O) groups is 1. The van der Waals surface area contributed by atoms with E-state index >= 15 is 0 Å². The molecule has 0 aliphatic carbocycles. The standard InChI is InChI=1S/C22H21F3N2O3/c1-14-2-7-19-15(12-14)13-20(29-19)21(28)26-16-8-10-27(11-9-16)17-3-5-18(6-4-17)30-22(23,24)25/h2-7,12-13,16H,8-11H2,1H3,(H,26,28). The Kier molecular flexibility index (Phi) is 5.32. The third kappa shape index (κ3) is 4.69. The van der Waals surface area contributed by atoms with Gasteiger partial charge in [-0.25, -0.2) is 0 Å². The minimum absolute atomic E-state index is 0.0107. The van der Waals surface area contributed by atoms with Crippen LogP contribution in [-0.4, -0.2) is 31.4 Å². The zero-order valence-corrected chi connectivity index (χ0v) is 16.3. The molecule has 30 heavy (non-hydrogen) atoms. The van der Waals surface area contributed by atoms with Gasteiger partial charge in [0.05, 0.1) is 0 Å². The molecule has 0 spiro atoms. The molecule has 2 aromatic carbocycles. The van der Waals surface area contributed by atoms with Crippen LogP contribution in [0.3, 0.4) is 0 Å². The highest BCUT2D eigenvalue weighted by Gasteiger charge is 2.31. The molecule has 0 unspecified atom stereocenters. The van der Waals surface area contributed by atoms with Crippen LogP contribution in [0.15, 0.2) is 52.9 Å². The van der Waals surface area contributed by atoms with Crippen molar-refractivity contribution in [3.8, 4) is 5.75 Å². The number of piperidine rings is 1. The quantitative estimate of drug-likeness (QED) is 0.645. The summed E-state index contributed by atoms with van der Waals surface area (Å²) in [6.45, 7) is 3.35. The van der Waals surface area contributed by atoms with E-state index in [2.05, 4.69) is 15.0 Å². The first-order chi connectivity index (χ1) is 14.3. The predicted molar refractivity (Wildman–Crippen MR) is 107 cm³/mol. The van der Waals surface area contributed by atoms with E-state index in [4.69, 9.17) is 4.42 Å². The fourth-order valence-corrected chi connectivity index (χ4v) is 3.67.